The highest BCUT2D eigenvalue weighted by atomic mass is 79.9. The Bertz CT molecular complexity index is 573. The summed E-state index contributed by atoms with van der Waals surface area (Å²) in [6.07, 6.45) is 0.250. The fraction of sp³-hybridized carbons (Fsp3) is 0.294. The van der Waals surface area contributed by atoms with Crippen molar-refractivity contribution in [2.24, 2.45) is 0 Å². The first kappa shape index (κ1) is 16.5. The molecule has 0 aliphatic rings. The highest BCUT2D eigenvalue weighted by Crippen LogP contribution is 2.25. The smallest absolute Gasteiger partial charge is 0.0813 e. The molecule has 0 heterocycles. The first-order valence-corrected chi connectivity index (χ1v) is 8.09. The van der Waals surface area contributed by atoms with Crippen molar-refractivity contribution < 1.29 is 5.11 Å². The average Bonchev–Trinajstić information content (AvgIpc) is 2.48. The Balaban J connectivity index is 1.85. The van der Waals surface area contributed by atoms with Gasteiger partial charge in [-0.3, -0.25) is 0 Å². The third-order valence-corrected chi connectivity index (χ3v) is 4.39. The molecule has 2 nitrogen and oxygen atoms in total. The van der Waals surface area contributed by atoms with Crippen LogP contribution in [0.4, 0.5) is 0 Å². The molecule has 2 rings (SSSR count). The summed E-state index contributed by atoms with van der Waals surface area (Å²) >= 11 is 9.36. The molecule has 0 radical (unpaired) electrons. The van der Waals surface area contributed by atoms with E-state index in [1.165, 1.54) is 5.56 Å². The molecule has 0 bridgehead atoms. The lowest BCUT2D eigenvalue weighted by Gasteiger charge is -2.19. The molecule has 0 aliphatic carbocycles. The van der Waals surface area contributed by atoms with Crippen LogP contribution in [0.3, 0.4) is 0 Å². The van der Waals surface area contributed by atoms with Gasteiger partial charge in [0.25, 0.3) is 0 Å². The van der Waals surface area contributed by atoms with E-state index in [1.54, 1.807) is 0 Å². The quantitative estimate of drug-likeness (QED) is 0.801. The van der Waals surface area contributed by atoms with Gasteiger partial charge in [-0.05, 0) is 42.8 Å². The summed E-state index contributed by atoms with van der Waals surface area (Å²) in [5.74, 6) is 0. The molecule has 0 saturated heterocycles. The summed E-state index contributed by atoms with van der Waals surface area (Å²) in [5.41, 5.74) is 2.16. The van der Waals surface area contributed by atoms with Crippen LogP contribution in [0.5, 0.6) is 0 Å². The van der Waals surface area contributed by atoms with Gasteiger partial charge in [0.05, 0.1) is 6.10 Å². The van der Waals surface area contributed by atoms with Crippen LogP contribution in [-0.2, 0) is 6.54 Å². The lowest BCUT2D eigenvalue weighted by molar-refractivity contribution is 0.147. The van der Waals surface area contributed by atoms with Crippen molar-refractivity contribution in [1.82, 2.24) is 4.90 Å². The molecule has 2 aromatic rings. The van der Waals surface area contributed by atoms with Crippen LogP contribution < -0.4 is 0 Å². The van der Waals surface area contributed by atoms with Crippen molar-refractivity contribution in [2.45, 2.75) is 19.1 Å². The van der Waals surface area contributed by atoms with Crippen molar-refractivity contribution in [3.05, 3.63) is 69.2 Å². The average molecular weight is 369 g/mol. The highest BCUT2D eigenvalue weighted by molar-refractivity contribution is 9.10. The second kappa shape index (κ2) is 7.95. The number of benzene rings is 2. The maximum Gasteiger partial charge on any atom is 0.0813 e. The number of rotatable bonds is 6. The lowest BCUT2D eigenvalue weighted by atomic mass is 10.1. The summed E-state index contributed by atoms with van der Waals surface area (Å²) in [4.78, 5) is 2.20. The molecule has 0 aromatic heterocycles. The minimum Gasteiger partial charge on any atom is -0.388 e. The number of aliphatic hydroxyl groups is 1. The van der Waals surface area contributed by atoms with Crippen molar-refractivity contribution in [3.63, 3.8) is 0 Å². The Hall–Kier alpha value is -0.870. The second-order valence-electron chi connectivity index (χ2n) is 5.19. The molecule has 112 valence electrons. The van der Waals surface area contributed by atoms with Crippen LogP contribution in [0.15, 0.2) is 53.0 Å². The van der Waals surface area contributed by atoms with Gasteiger partial charge in [0.15, 0.2) is 0 Å². The molecule has 1 atom stereocenters. The Kier molecular flexibility index (Phi) is 6.24. The van der Waals surface area contributed by atoms with Gasteiger partial charge < -0.3 is 10.0 Å². The number of hydrogen-bond donors (Lipinski definition) is 1. The minimum atomic E-state index is -0.451. The molecule has 0 fully saturated rings. The van der Waals surface area contributed by atoms with Crippen LogP contribution in [0.1, 0.15) is 23.7 Å². The first-order valence-electron chi connectivity index (χ1n) is 6.92. The van der Waals surface area contributed by atoms with E-state index in [-0.39, 0.29) is 0 Å². The zero-order valence-corrected chi connectivity index (χ0v) is 14.3. The van der Waals surface area contributed by atoms with Crippen LogP contribution in [0.2, 0.25) is 5.02 Å². The van der Waals surface area contributed by atoms with Gasteiger partial charge in [-0.25, -0.2) is 0 Å². The Morgan fingerprint density at radius 3 is 2.48 bits per heavy atom. The monoisotopic (exact) mass is 367 g/mol. The standard InChI is InChI=1S/C17H19BrClNO/c1-20(12-13-6-8-14(19)9-7-13)11-10-17(21)15-4-2-3-5-16(15)18/h2-9,17,21H,10-12H2,1H3. The van der Waals surface area contributed by atoms with E-state index in [2.05, 4.69) is 27.9 Å². The molecule has 21 heavy (non-hydrogen) atoms. The second-order valence-corrected chi connectivity index (χ2v) is 6.48. The van der Waals surface area contributed by atoms with Gasteiger partial charge in [-0.15, -0.1) is 0 Å². The maximum atomic E-state index is 10.3. The predicted molar refractivity (Wildman–Crippen MR) is 91.5 cm³/mol. The SMILES string of the molecule is CN(CCC(O)c1ccccc1Br)Cc1ccc(Cl)cc1. The van der Waals surface area contributed by atoms with Gasteiger partial charge in [0, 0.05) is 22.6 Å². The fourth-order valence-electron chi connectivity index (χ4n) is 2.22. The summed E-state index contributed by atoms with van der Waals surface area (Å²) in [7, 11) is 2.06. The maximum absolute atomic E-state index is 10.3. The van der Waals surface area contributed by atoms with Crippen LogP contribution >= 0.6 is 27.5 Å². The molecule has 0 saturated carbocycles. The van der Waals surface area contributed by atoms with Gasteiger partial charge >= 0.3 is 0 Å². The molecular formula is C17H19BrClNO. The Morgan fingerprint density at radius 1 is 1.14 bits per heavy atom. The van der Waals surface area contributed by atoms with Crippen molar-refractivity contribution in [2.75, 3.05) is 13.6 Å². The number of halogens is 2. The van der Waals surface area contributed by atoms with E-state index in [4.69, 9.17) is 11.6 Å². The normalized spacial score (nSPS) is 12.6. The van der Waals surface area contributed by atoms with Gasteiger partial charge in [0.1, 0.15) is 0 Å². The van der Waals surface area contributed by atoms with E-state index < -0.39 is 6.10 Å². The molecule has 0 aliphatic heterocycles. The van der Waals surface area contributed by atoms with Gasteiger partial charge in [-0.1, -0.05) is 57.9 Å². The number of hydrogen-bond acceptors (Lipinski definition) is 2. The summed E-state index contributed by atoms with van der Waals surface area (Å²) < 4.78 is 0.956. The highest BCUT2D eigenvalue weighted by Gasteiger charge is 2.11. The molecule has 0 spiro atoms. The van der Waals surface area contributed by atoms with Crippen molar-refractivity contribution in [1.29, 1.82) is 0 Å². The van der Waals surface area contributed by atoms with Crippen LogP contribution in [0.25, 0.3) is 0 Å². The molecular weight excluding hydrogens is 350 g/mol. The fourth-order valence-corrected chi connectivity index (χ4v) is 2.90. The van der Waals surface area contributed by atoms with E-state index in [1.807, 2.05) is 48.5 Å². The summed E-state index contributed by atoms with van der Waals surface area (Å²) in [6.45, 7) is 1.67. The molecule has 2 aromatic carbocycles. The molecule has 4 heteroatoms. The van der Waals surface area contributed by atoms with E-state index in [0.717, 1.165) is 28.1 Å². The molecule has 0 amide bonds. The molecule has 1 N–H and O–H groups in total. The molecule has 1 unspecified atom stereocenters. The Labute approximate surface area is 139 Å². The number of aliphatic hydroxyl groups excluding tert-OH is 1. The zero-order valence-electron chi connectivity index (χ0n) is 12.0. The van der Waals surface area contributed by atoms with Crippen LogP contribution in [0, 0.1) is 0 Å². The third kappa shape index (κ3) is 5.11. The Morgan fingerprint density at radius 2 is 1.81 bits per heavy atom. The van der Waals surface area contributed by atoms with Gasteiger partial charge in [0.2, 0.25) is 0 Å². The number of nitrogens with zero attached hydrogens (tertiary/aromatic N) is 1. The third-order valence-electron chi connectivity index (χ3n) is 3.41. The summed E-state index contributed by atoms with van der Waals surface area (Å²) in [5, 5.41) is 11.0. The largest absolute Gasteiger partial charge is 0.388 e. The van der Waals surface area contributed by atoms with Gasteiger partial charge in [-0.2, -0.15) is 0 Å². The lowest BCUT2D eigenvalue weighted by Crippen LogP contribution is -2.21. The first-order chi connectivity index (χ1) is 10.1. The zero-order chi connectivity index (χ0) is 15.2. The van der Waals surface area contributed by atoms with E-state index >= 15 is 0 Å². The predicted octanol–water partition coefficient (Wildman–Crippen LogP) is 4.66. The van der Waals surface area contributed by atoms with Crippen molar-refractivity contribution >= 4 is 27.5 Å². The summed E-state index contributed by atoms with van der Waals surface area (Å²) in [6, 6.07) is 15.7. The van der Waals surface area contributed by atoms with E-state index in [9.17, 15) is 5.11 Å². The van der Waals surface area contributed by atoms with Crippen LogP contribution in [-0.4, -0.2) is 23.6 Å². The van der Waals surface area contributed by atoms with Crippen molar-refractivity contribution in [3.8, 4) is 0 Å². The topological polar surface area (TPSA) is 23.5 Å². The van der Waals surface area contributed by atoms with E-state index in [0.29, 0.717) is 6.42 Å². The minimum absolute atomic E-state index is 0.451.